The zero-order valence-electron chi connectivity index (χ0n) is 8.91. The maximum atomic E-state index is 11.4. The van der Waals surface area contributed by atoms with Crippen molar-refractivity contribution >= 4 is 11.2 Å². The highest BCUT2D eigenvalue weighted by atomic mass is 16.5. The van der Waals surface area contributed by atoms with Crippen molar-refractivity contribution in [2.24, 2.45) is 0 Å². The summed E-state index contributed by atoms with van der Waals surface area (Å²) in [4.78, 5) is 17.9. The molecule has 8 heteroatoms. The second kappa shape index (κ2) is 3.90. The van der Waals surface area contributed by atoms with E-state index in [0.717, 1.165) is 12.8 Å². The molecule has 2 N–H and O–H groups in total. The van der Waals surface area contributed by atoms with E-state index in [-0.39, 0.29) is 30.0 Å². The first-order valence-electron chi connectivity index (χ1n) is 5.34. The number of fused-ring (bicyclic) bond motifs is 1. The van der Waals surface area contributed by atoms with Gasteiger partial charge in [0.15, 0.2) is 17.4 Å². The van der Waals surface area contributed by atoms with Crippen LogP contribution in [0.15, 0.2) is 11.1 Å². The Morgan fingerprint density at radius 3 is 3.24 bits per heavy atom. The quantitative estimate of drug-likeness (QED) is 0.707. The molecule has 0 aliphatic carbocycles. The van der Waals surface area contributed by atoms with Gasteiger partial charge in [-0.2, -0.15) is 4.68 Å². The number of ether oxygens (including phenoxy) is 1. The first kappa shape index (κ1) is 10.4. The highest BCUT2D eigenvalue weighted by Crippen LogP contribution is 2.28. The standard InChI is InChI=1S/C9H11N5O3/c15-3-5-1-2-6(17-5)14-8-7(12-13-14)9(16)11-4-10-8/h4-6,15H,1-3H2,(H,10,11,16)/t5-,6+/m0/s1. The second-order valence-corrected chi connectivity index (χ2v) is 3.91. The first-order chi connectivity index (χ1) is 8.29. The summed E-state index contributed by atoms with van der Waals surface area (Å²) < 4.78 is 7.05. The lowest BCUT2D eigenvalue weighted by Gasteiger charge is -2.11. The molecule has 1 saturated heterocycles. The van der Waals surface area contributed by atoms with E-state index >= 15 is 0 Å². The van der Waals surface area contributed by atoms with Gasteiger partial charge in [-0.05, 0) is 12.8 Å². The molecule has 0 aromatic carbocycles. The van der Waals surface area contributed by atoms with Crippen molar-refractivity contribution in [3.63, 3.8) is 0 Å². The van der Waals surface area contributed by atoms with Crippen LogP contribution in [-0.2, 0) is 4.74 Å². The largest absolute Gasteiger partial charge is 0.394 e. The maximum Gasteiger partial charge on any atom is 0.280 e. The van der Waals surface area contributed by atoms with Gasteiger partial charge < -0.3 is 14.8 Å². The van der Waals surface area contributed by atoms with E-state index in [2.05, 4.69) is 20.3 Å². The van der Waals surface area contributed by atoms with E-state index < -0.39 is 0 Å². The van der Waals surface area contributed by atoms with Crippen molar-refractivity contribution in [3.8, 4) is 0 Å². The van der Waals surface area contributed by atoms with Gasteiger partial charge >= 0.3 is 0 Å². The molecule has 0 radical (unpaired) electrons. The van der Waals surface area contributed by atoms with Crippen LogP contribution in [0.25, 0.3) is 11.2 Å². The fraction of sp³-hybridized carbons (Fsp3) is 0.556. The highest BCUT2D eigenvalue weighted by molar-refractivity contribution is 5.67. The van der Waals surface area contributed by atoms with Gasteiger partial charge in [-0.3, -0.25) is 4.79 Å². The van der Waals surface area contributed by atoms with Gasteiger partial charge in [0.05, 0.1) is 19.0 Å². The molecule has 0 bridgehead atoms. The van der Waals surface area contributed by atoms with E-state index in [1.54, 1.807) is 0 Å². The summed E-state index contributed by atoms with van der Waals surface area (Å²) in [6.45, 7) is -0.0167. The molecule has 2 aromatic heterocycles. The van der Waals surface area contributed by atoms with Crippen LogP contribution in [0.3, 0.4) is 0 Å². The van der Waals surface area contributed by atoms with Gasteiger partial charge in [-0.15, -0.1) is 5.10 Å². The molecular weight excluding hydrogens is 226 g/mol. The van der Waals surface area contributed by atoms with Crippen LogP contribution in [0.5, 0.6) is 0 Å². The summed E-state index contributed by atoms with van der Waals surface area (Å²) in [6, 6.07) is 0. The fourth-order valence-electron chi connectivity index (χ4n) is 1.97. The minimum atomic E-state index is -0.321. The Hall–Kier alpha value is -1.80. The average Bonchev–Trinajstić information content (AvgIpc) is 2.94. The van der Waals surface area contributed by atoms with Gasteiger partial charge in [0.25, 0.3) is 5.56 Å². The molecule has 17 heavy (non-hydrogen) atoms. The summed E-state index contributed by atoms with van der Waals surface area (Å²) in [7, 11) is 0. The molecule has 2 atom stereocenters. The molecule has 0 saturated carbocycles. The van der Waals surface area contributed by atoms with Crippen molar-refractivity contribution < 1.29 is 9.84 Å². The Balaban J connectivity index is 2.02. The molecule has 1 aliphatic heterocycles. The summed E-state index contributed by atoms with van der Waals surface area (Å²) in [5, 5.41) is 16.7. The minimum Gasteiger partial charge on any atom is -0.394 e. The summed E-state index contributed by atoms with van der Waals surface area (Å²) in [5.74, 6) is 0. The van der Waals surface area contributed by atoms with Crippen LogP contribution in [0, 0.1) is 0 Å². The lowest BCUT2D eigenvalue weighted by atomic mass is 10.2. The SMILES string of the molecule is O=c1[nH]cnc2c1nnn2[C@H]1CC[C@@H](CO)O1. The number of aliphatic hydroxyl groups excluding tert-OH is 1. The van der Waals surface area contributed by atoms with Gasteiger partial charge in [-0.25, -0.2) is 4.98 Å². The number of rotatable bonds is 2. The van der Waals surface area contributed by atoms with Gasteiger partial charge in [0.1, 0.15) is 0 Å². The van der Waals surface area contributed by atoms with E-state index in [0.29, 0.717) is 5.65 Å². The molecular formula is C9H11N5O3. The lowest BCUT2D eigenvalue weighted by molar-refractivity contribution is -0.0271. The lowest BCUT2D eigenvalue weighted by Crippen LogP contribution is -2.16. The average molecular weight is 237 g/mol. The summed E-state index contributed by atoms with van der Waals surface area (Å²) in [6.07, 6.45) is 2.29. The molecule has 2 aromatic rings. The molecule has 0 spiro atoms. The fourth-order valence-corrected chi connectivity index (χ4v) is 1.97. The highest BCUT2D eigenvalue weighted by Gasteiger charge is 2.28. The molecule has 0 amide bonds. The first-order valence-corrected chi connectivity index (χ1v) is 5.34. The summed E-state index contributed by atoms with van der Waals surface area (Å²) in [5.41, 5.74) is 0.277. The van der Waals surface area contributed by atoms with Crippen LogP contribution in [0.4, 0.5) is 0 Å². The van der Waals surface area contributed by atoms with E-state index in [4.69, 9.17) is 9.84 Å². The smallest absolute Gasteiger partial charge is 0.280 e. The van der Waals surface area contributed by atoms with Crippen molar-refractivity contribution in [1.82, 2.24) is 25.0 Å². The number of aromatic amines is 1. The molecule has 0 unspecified atom stereocenters. The van der Waals surface area contributed by atoms with Crippen LogP contribution < -0.4 is 5.56 Å². The Kier molecular flexibility index (Phi) is 2.37. The molecule has 1 aliphatic rings. The Morgan fingerprint density at radius 2 is 2.47 bits per heavy atom. The third-order valence-electron chi connectivity index (χ3n) is 2.83. The van der Waals surface area contributed by atoms with E-state index in [9.17, 15) is 4.79 Å². The number of hydrogen-bond donors (Lipinski definition) is 2. The molecule has 90 valence electrons. The normalized spacial score (nSPS) is 24.5. The third kappa shape index (κ3) is 1.61. The van der Waals surface area contributed by atoms with E-state index in [1.165, 1.54) is 11.0 Å². The zero-order chi connectivity index (χ0) is 11.8. The predicted octanol–water partition coefficient (Wildman–Crippen LogP) is -0.816. The van der Waals surface area contributed by atoms with Crippen LogP contribution in [0.2, 0.25) is 0 Å². The minimum absolute atomic E-state index is 0.0167. The Labute approximate surface area is 95.2 Å². The van der Waals surface area contributed by atoms with Crippen molar-refractivity contribution in [2.45, 2.75) is 25.2 Å². The van der Waals surface area contributed by atoms with Gasteiger partial charge in [0.2, 0.25) is 0 Å². The van der Waals surface area contributed by atoms with Crippen molar-refractivity contribution in [3.05, 3.63) is 16.7 Å². The van der Waals surface area contributed by atoms with E-state index in [1.807, 2.05) is 0 Å². The number of aliphatic hydroxyl groups is 1. The molecule has 8 nitrogen and oxygen atoms in total. The number of H-pyrrole nitrogens is 1. The van der Waals surface area contributed by atoms with Crippen molar-refractivity contribution in [1.29, 1.82) is 0 Å². The Bertz CT molecular complexity index is 592. The van der Waals surface area contributed by atoms with Gasteiger partial charge in [0, 0.05) is 0 Å². The topological polar surface area (TPSA) is 106 Å². The molecule has 3 rings (SSSR count). The third-order valence-corrected chi connectivity index (χ3v) is 2.83. The van der Waals surface area contributed by atoms with Crippen LogP contribution in [0.1, 0.15) is 19.1 Å². The monoisotopic (exact) mass is 237 g/mol. The predicted molar refractivity (Wildman–Crippen MR) is 56.2 cm³/mol. The number of nitrogens with one attached hydrogen (secondary N) is 1. The number of hydrogen-bond acceptors (Lipinski definition) is 6. The number of aromatic nitrogens is 5. The van der Waals surface area contributed by atoms with Crippen molar-refractivity contribution in [2.75, 3.05) is 6.61 Å². The molecule has 3 heterocycles. The van der Waals surface area contributed by atoms with Crippen LogP contribution >= 0.6 is 0 Å². The zero-order valence-corrected chi connectivity index (χ0v) is 8.91. The second-order valence-electron chi connectivity index (χ2n) is 3.91. The van der Waals surface area contributed by atoms with Gasteiger partial charge in [-0.1, -0.05) is 5.21 Å². The number of nitrogens with zero attached hydrogens (tertiary/aromatic N) is 4. The van der Waals surface area contributed by atoms with Crippen LogP contribution in [-0.4, -0.2) is 42.8 Å². The maximum absolute atomic E-state index is 11.4. The Morgan fingerprint density at radius 1 is 1.59 bits per heavy atom. The summed E-state index contributed by atoms with van der Waals surface area (Å²) >= 11 is 0. The molecule has 1 fully saturated rings.